The number of nitrogens with zero attached hydrogens (tertiary/aromatic N) is 2. The molecule has 0 bridgehead atoms. The molecule has 1 aromatic rings. The van der Waals surface area contributed by atoms with Crippen LogP contribution in [0.5, 0.6) is 0 Å². The summed E-state index contributed by atoms with van der Waals surface area (Å²) in [6.07, 6.45) is 2.26. The average Bonchev–Trinajstić information content (AvgIpc) is 2.96. The Labute approximate surface area is 119 Å². The minimum Gasteiger partial charge on any atom is -0.390 e. The Morgan fingerprint density at radius 3 is 2.63 bits per heavy atom. The number of aliphatic hydroxyl groups excluding tert-OH is 1. The number of rotatable bonds is 6. The molecule has 0 spiro atoms. The Morgan fingerprint density at radius 2 is 2.05 bits per heavy atom. The van der Waals surface area contributed by atoms with Crippen molar-refractivity contribution in [2.75, 3.05) is 26.2 Å². The number of likely N-dealkylation sites (tertiary alicyclic amines) is 1. The van der Waals surface area contributed by atoms with Gasteiger partial charge in [0.1, 0.15) is 0 Å². The van der Waals surface area contributed by atoms with E-state index in [1.165, 1.54) is 17.7 Å². The molecule has 0 aliphatic carbocycles. The smallest absolute Gasteiger partial charge is 0.0900 e. The second-order valence-corrected chi connectivity index (χ2v) is 6.71. The van der Waals surface area contributed by atoms with E-state index in [1.54, 1.807) is 11.3 Å². The molecule has 0 saturated carbocycles. The van der Waals surface area contributed by atoms with Crippen molar-refractivity contribution in [1.29, 1.82) is 0 Å². The Morgan fingerprint density at radius 1 is 1.37 bits per heavy atom. The molecule has 19 heavy (non-hydrogen) atoms. The molecule has 2 heterocycles. The van der Waals surface area contributed by atoms with Gasteiger partial charge in [-0.1, -0.05) is 0 Å². The van der Waals surface area contributed by atoms with Gasteiger partial charge in [-0.3, -0.25) is 0 Å². The van der Waals surface area contributed by atoms with Crippen LogP contribution in [0, 0.1) is 13.8 Å². The molecule has 2 atom stereocenters. The van der Waals surface area contributed by atoms with Crippen molar-refractivity contribution in [1.82, 2.24) is 15.2 Å². The first-order valence-corrected chi connectivity index (χ1v) is 7.95. The van der Waals surface area contributed by atoms with E-state index < -0.39 is 0 Å². The third-order valence-corrected chi connectivity index (χ3v) is 4.92. The van der Waals surface area contributed by atoms with E-state index in [4.69, 9.17) is 0 Å². The Bertz CT molecular complexity index is 401. The van der Waals surface area contributed by atoms with Crippen LogP contribution in [0.4, 0.5) is 0 Å². The van der Waals surface area contributed by atoms with Crippen LogP contribution >= 0.6 is 11.3 Å². The molecule has 5 heteroatoms. The maximum Gasteiger partial charge on any atom is 0.0900 e. The summed E-state index contributed by atoms with van der Waals surface area (Å²) in [5.74, 6) is 0. The molecule has 2 N–H and O–H groups in total. The molecule has 1 aromatic heterocycles. The number of hydrogen-bond acceptors (Lipinski definition) is 5. The summed E-state index contributed by atoms with van der Waals surface area (Å²) >= 11 is 1.74. The third-order valence-electron chi connectivity index (χ3n) is 3.66. The maximum atomic E-state index is 10.1. The number of hydrogen-bond donors (Lipinski definition) is 2. The lowest BCUT2D eigenvalue weighted by Crippen LogP contribution is -2.37. The molecule has 2 unspecified atom stereocenters. The van der Waals surface area contributed by atoms with Gasteiger partial charge in [0.2, 0.25) is 0 Å². The number of aryl methyl sites for hydroxylation is 2. The van der Waals surface area contributed by atoms with Gasteiger partial charge in [0.05, 0.1) is 16.8 Å². The van der Waals surface area contributed by atoms with E-state index in [0.717, 1.165) is 30.3 Å². The van der Waals surface area contributed by atoms with Gasteiger partial charge in [0.15, 0.2) is 0 Å². The predicted octanol–water partition coefficient (Wildman–Crippen LogP) is 1.87. The van der Waals surface area contributed by atoms with E-state index in [1.807, 2.05) is 6.92 Å². The third kappa shape index (κ3) is 4.24. The molecule has 1 aliphatic rings. The Hall–Kier alpha value is -0.490. The van der Waals surface area contributed by atoms with Crippen LogP contribution in [0.1, 0.15) is 41.4 Å². The average molecular weight is 283 g/mol. The second-order valence-electron chi connectivity index (χ2n) is 5.47. The minimum absolute atomic E-state index is 0.263. The van der Waals surface area contributed by atoms with Gasteiger partial charge < -0.3 is 15.3 Å². The van der Waals surface area contributed by atoms with Crippen molar-refractivity contribution in [2.45, 2.75) is 45.8 Å². The number of thiazole rings is 1. The first kappa shape index (κ1) is 14.9. The lowest BCUT2D eigenvalue weighted by atomic mass is 10.2. The number of β-amino-alcohol motifs (C(OH)–C–C–N with tert-alkyl or cyclic N) is 1. The largest absolute Gasteiger partial charge is 0.390 e. The zero-order chi connectivity index (χ0) is 13.8. The zero-order valence-corrected chi connectivity index (χ0v) is 13.0. The topological polar surface area (TPSA) is 48.4 Å². The van der Waals surface area contributed by atoms with Gasteiger partial charge in [-0.25, -0.2) is 4.98 Å². The van der Waals surface area contributed by atoms with Crippen LogP contribution in [0.25, 0.3) is 0 Å². The van der Waals surface area contributed by atoms with Crippen LogP contribution < -0.4 is 5.32 Å². The van der Waals surface area contributed by atoms with Crippen LogP contribution in [-0.4, -0.2) is 47.3 Å². The summed E-state index contributed by atoms with van der Waals surface area (Å²) in [5, 5.41) is 14.6. The van der Waals surface area contributed by atoms with E-state index in [9.17, 15) is 5.11 Å². The molecule has 0 amide bonds. The van der Waals surface area contributed by atoms with Gasteiger partial charge in [0.25, 0.3) is 0 Å². The highest BCUT2D eigenvalue weighted by Gasteiger charge is 2.17. The fourth-order valence-corrected chi connectivity index (χ4v) is 3.64. The summed E-state index contributed by atoms with van der Waals surface area (Å²) in [4.78, 5) is 8.08. The van der Waals surface area contributed by atoms with Crippen molar-refractivity contribution in [2.24, 2.45) is 0 Å². The second kappa shape index (κ2) is 6.79. The highest BCUT2D eigenvalue weighted by Crippen LogP contribution is 2.24. The zero-order valence-electron chi connectivity index (χ0n) is 12.1. The summed E-state index contributed by atoms with van der Waals surface area (Å²) in [5.41, 5.74) is 1.11. The normalized spacial score (nSPS) is 19.8. The molecule has 1 aliphatic heterocycles. The summed E-state index contributed by atoms with van der Waals surface area (Å²) in [6.45, 7) is 9.95. The molecule has 4 nitrogen and oxygen atoms in total. The predicted molar refractivity (Wildman–Crippen MR) is 79.7 cm³/mol. The number of aliphatic hydroxyl groups is 1. The van der Waals surface area contributed by atoms with E-state index in [0.29, 0.717) is 6.54 Å². The van der Waals surface area contributed by atoms with Crippen LogP contribution in [-0.2, 0) is 0 Å². The van der Waals surface area contributed by atoms with Gasteiger partial charge in [0, 0.05) is 24.0 Å². The molecule has 1 saturated heterocycles. The van der Waals surface area contributed by atoms with Crippen molar-refractivity contribution in [3.05, 3.63) is 15.6 Å². The molecule has 0 aromatic carbocycles. The molecule has 1 fully saturated rings. The Balaban J connectivity index is 1.76. The molecular weight excluding hydrogens is 258 g/mol. The van der Waals surface area contributed by atoms with Crippen molar-refractivity contribution in [3.8, 4) is 0 Å². The first-order chi connectivity index (χ1) is 9.06. The lowest BCUT2D eigenvalue weighted by Gasteiger charge is -2.21. The summed E-state index contributed by atoms with van der Waals surface area (Å²) in [6, 6.07) is 0.263. The summed E-state index contributed by atoms with van der Waals surface area (Å²) in [7, 11) is 0. The first-order valence-electron chi connectivity index (χ1n) is 7.14. The van der Waals surface area contributed by atoms with Crippen molar-refractivity contribution < 1.29 is 5.11 Å². The number of nitrogens with one attached hydrogen (secondary N) is 1. The quantitative estimate of drug-likeness (QED) is 0.837. The van der Waals surface area contributed by atoms with E-state index in [2.05, 4.69) is 29.0 Å². The molecule has 2 rings (SSSR count). The van der Waals surface area contributed by atoms with E-state index in [-0.39, 0.29) is 12.1 Å². The van der Waals surface area contributed by atoms with E-state index >= 15 is 0 Å². The lowest BCUT2D eigenvalue weighted by molar-refractivity contribution is 0.121. The molecular formula is C14H25N3OS. The fraction of sp³-hybridized carbons (Fsp3) is 0.786. The summed E-state index contributed by atoms with van der Waals surface area (Å²) < 4.78 is 0. The van der Waals surface area contributed by atoms with Crippen LogP contribution in [0.2, 0.25) is 0 Å². The van der Waals surface area contributed by atoms with Crippen molar-refractivity contribution >= 4 is 11.3 Å². The van der Waals surface area contributed by atoms with Gasteiger partial charge in [-0.2, -0.15) is 0 Å². The molecule has 108 valence electrons. The monoisotopic (exact) mass is 283 g/mol. The van der Waals surface area contributed by atoms with Gasteiger partial charge in [-0.15, -0.1) is 11.3 Å². The van der Waals surface area contributed by atoms with Crippen LogP contribution in [0.15, 0.2) is 0 Å². The van der Waals surface area contributed by atoms with Crippen molar-refractivity contribution in [3.63, 3.8) is 0 Å². The van der Waals surface area contributed by atoms with Crippen LogP contribution in [0.3, 0.4) is 0 Å². The fourth-order valence-electron chi connectivity index (χ4n) is 2.68. The van der Waals surface area contributed by atoms with Gasteiger partial charge in [-0.05, 0) is 46.7 Å². The standard InChI is InChI=1S/C14H25N3OS/c1-10(14-11(2)16-12(3)19-14)15-8-13(18)9-17-6-4-5-7-17/h10,13,15,18H,4-9H2,1-3H3. The molecule has 0 radical (unpaired) electrons. The minimum atomic E-state index is -0.283. The Kier molecular flexibility index (Phi) is 5.33. The maximum absolute atomic E-state index is 10.1. The highest BCUT2D eigenvalue weighted by molar-refractivity contribution is 7.11. The SMILES string of the molecule is Cc1nc(C)c(C(C)NCC(O)CN2CCCC2)s1. The van der Waals surface area contributed by atoms with Gasteiger partial charge >= 0.3 is 0 Å². The highest BCUT2D eigenvalue weighted by atomic mass is 32.1. The number of aromatic nitrogens is 1.